The van der Waals surface area contributed by atoms with Crippen LogP contribution in [-0.2, 0) is 12.8 Å². The van der Waals surface area contributed by atoms with E-state index < -0.39 is 0 Å². The molecule has 5 nitrogen and oxygen atoms in total. The molecule has 1 fully saturated rings. The summed E-state index contributed by atoms with van der Waals surface area (Å²) in [6.45, 7) is 4.47. The first kappa shape index (κ1) is 22.5. The van der Waals surface area contributed by atoms with Crippen LogP contribution in [0.1, 0.15) is 52.9 Å². The molecule has 1 unspecified atom stereocenters. The topological polar surface area (TPSA) is 61.8 Å². The Morgan fingerprint density at radius 1 is 1.09 bits per heavy atom. The number of carbonyl (C=O) groups excluding carboxylic acids is 1. The molecule has 1 aliphatic heterocycles. The molecule has 34 heavy (non-hydrogen) atoms. The average molecular weight is 457 g/mol. The third-order valence-corrected chi connectivity index (χ3v) is 7.04. The fourth-order valence-corrected chi connectivity index (χ4v) is 5.18. The van der Waals surface area contributed by atoms with Crippen molar-refractivity contribution >= 4 is 5.91 Å². The minimum atomic E-state index is -0.159. The second-order valence-corrected chi connectivity index (χ2v) is 9.39. The Morgan fingerprint density at radius 3 is 2.56 bits per heavy atom. The number of hydrogen-bond donors (Lipinski definition) is 2. The van der Waals surface area contributed by atoms with Crippen molar-refractivity contribution in [3.05, 3.63) is 95.1 Å². The zero-order chi connectivity index (χ0) is 23.5. The van der Waals surface area contributed by atoms with Gasteiger partial charge in [-0.2, -0.15) is 0 Å². The van der Waals surface area contributed by atoms with Crippen molar-refractivity contribution in [1.29, 1.82) is 0 Å². The van der Waals surface area contributed by atoms with E-state index in [0.29, 0.717) is 6.61 Å². The van der Waals surface area contributed by atoms with Gasteiger partial charge in [-0.1, -0.05) is 43.3 Å². The molecular weight excluding hydrogens is 424 g/mol. The summed E-state index contributed by atoms with van der Waals surface area (Å²) in [4.78, 5) is 16.0. The fraction of sp³-hybridized carbons (Fsp3) is 0.345. The van der Waals surface area contributed by atoms with Crippen LogP contribution in [0.25, 0.3) is 0 Å². The Kier molecular flexibility index (Phi) is 6.29. The van der Waals surface area contributed by atoms with Crippen molar-refractivity contribution in [2.24, 2.45) is 0 Å². The minimum Gasteiger partial charge on any atom is -0.508 e. The van der Waals surface area contributed by atoms with Crippen molar-refractivity contribution in [2.45, 2.75) is 44.2 Å². The average Bonchev–Trinajstić information content (AvgIpc) is 3.62. The van der Waals surface area contributed by atoms with Crippen LogP contribution < -0.4 is 10.1 Å². The highest BCUT2D eigenvalue weighted by Gasteiger charge is 2.55. The zero-order valence-corrected chi connectivity index (χ0v) is 19.7. The van der Waals surface area contributed by atoms with Crippen LogP contribution >= 0.6 is 0 Å². The molecule has 1 amide bonds. The number of hydrogen-bond acceptors (Lipinski definition) is 4. The molecule has 3 aromatic rings. The van der Waals surface area contributed by atoms with Gasteiger partial charge in [0.2, 0.25) is 0 Å². The maximum Gasteiger partial charge on any atom is 0.254 e. The van der Waals surface area contributed by atoms with Gasteiger partial charge in [-0.3, -0.25) is 4.79 Å². The van der Waals surface area contributed by atoms with Crippen LogP contribution in [0.5, 0.6) is 11.5 Å². The predicted octanol–water partition coefficient (Wildman–Crippen LogP) is 4.90. The van der Waals surface area contributed by atoms with Gasteiger partial charge >= 0.3 is 0 Å². The largest absolute Gasteiger partial charge is 0.508 e. The lowest BCUT2D eigenvalue weighted by molar-refractivity contribution is 0.0486. The summed E-state index contributed by atoms with van der Waals surface area (Å²) >= 11 is 0. The Bertz CT molecular complexity index is 1140. The van der Waals surface area contributed by atoms with Crippen LogP contribution in [0, 0.1) is 0 Å². The highest BCUT2D eigenvalue weighted by atomic mass is 16.5. The van der Waals surface area contributed by atoms with Crippen LogP contribution in [-0.4, -0.2) is 41.1 Å². The number of likely N-dealkylation sites (N-methyl/N-ethyl adjacent to an activating group) is 1. The molecule has 2 N–H and O–H groups in total. The van der Waals surface area contributed by atoms with Gasteiger partial charge in [0.25, 0.3) is 5.91 Å². The molecule has 0 aromatic heterocycles. The number of amides is 1. The molecule has 0 bridgehead atoms. The SMILES string of the molecule is CCNCCOc1ccc(CC2c3ccc(O)cc3CC3(CC3)N2C(=O)c2ccccc2)cc1. The standard InChI is InChI=1S/C29H32N2O3/c1-2-30-16-17-34-25-11-8-21(9-12-25)18-27-26-13-10-24(32)19-23(26)20-29(14-15-29)31(27)28(33)22-6-4-3-5-7-22/h3-13,19,27,30,32H,2,14-18,20H2,1H3. The second kappa shape index (κ2) is 9.51. The van der Waals surface area contributed by atoms with Crippen LogP contribution in [0.4, 0.5) is 0 Å². The van der Waals surface area contributed by atoms with E-state index in [-0.39, 0.29) is 23.2 Å². The molecule has 0 saturated heterocycles. The molecule has 176 valence electrons. The van der Waals surface area contributed by atoms with E-state index in [0.717, 1.165) is 66.8 Å². The molecule has 2 aliphatic rings. The summed E-state index contributed by atoms with van der Waals surface area (Å²) in [6.07, 6.45) is 3.51. The van der Waals surface area contributed by atoms with Gasteiger partial charge in [-0.15, -0.1) is 0 Å². The third-order valence-electron chi connectivity index (χ3n) is 7.04. The van der Waals surface area contributed by atoms with E-state index in [1.165, 1.54) is 0 Å². The van der Waals surface area contributed by atoms with E-state index in [4.69, 9.17) is 4.74 Å². The van der Waals surface area contributed by atoms with Gasteiger partial charge in [-0.25, -0.2) is 0 Å². The number of rotatable bonds is 8. The van der Waals surface area contributed by atoms with Gasteiger partial charge in [0.05, 0.1) is 6.04 Å². The number of aromatic hydroxyl groups is 1. The third kappa shape index (κ3) is 4.53. The van der Waals surface area contributed by atoms with Crippen LogP contribution in [0.2, 0.25) is 0 Å². The van der Waals surface area contributed by atoms with Crippen molar-refractivity contribution in [2.75, 3.05) is 19.7 Å². The fourth-order valence-electron chi connectivity index (χ4n) is 5.18. The number of carbonyl (C=O) groups is 1. The molecule has 1 saturated carbocycles. The first-order chi connectivity index (χ1) is 16.6. The van der Waals surface area contributed by atoms with E-state index in [1.807, 2.05) is 54.6 Å². The molecule has 3 aromatic carbocycles. The molecule has 1 aliphatic carbocycles. The smallest absolute Gasteiger partial charge is 0.254 e. The van der Waals surface area contributed by atoms with E-state index in [2.05, 4.69) is 29.3 Å². The van der Waals surface area contributed by atoms with Gasteiger partial charge in [0, 0.05) is 17.6 Å². The van der Waals surface area contributed by atoms with Crippen molar-refractivity contribution in [1.82, 2.24) is 10.2 Å². The normalized spacial score (nSPS) is 17.9. The summed E-state index contributed by atoms with van der Waals surface area (Å²) in [5.41, 5.74) is 4.01. The Balaban J connectivity index is 1.44. The van der Waals surface area contributed by atoms with Crippen LogP contribution in [0.3, 0.4) is 0 Å². The lowest BCUT2D eigenvalue weighted by atomic mass is 9.83. The number of phenols is 1. The molecule has 1 spiro atoms. The van der Waals surface area contributed by atoms with Gasteiger partial charge < -0.3 is 20.1 Å². The number of nitrogens with one attached hydrogen (secondary N) is 1. The lowest BCUT2D eigenvalue weighted by Crippen LogP contribution is -2.49. The van der Waals surface area contributed by atoms with E-state index in [1.54, 1.807) is 6.07 Å². The highest BCUT2D eigenvalue weighted by Crippen LogP contribution is 2.54. The first-order valence-corrected chi connectivity index (χ1v) is 12.2. The maximum atomic E-state index is 13.8. The summed E-state index contributed by atoms with van der Waals surface area (Å²) in [5, 5.41) is 13.4. The highest BCUT2D eigenvalue weighted by molar-refractivity contribution is 5.95. The maximum absolute atomic E-state index is 13.8. The van der Waals surface area contributed by atoms with Crippen molar-refractivity contribution in [3.8, 4) is 11.5 Å². The molecule has 1 atom stereocenters. The zero-order valence-electron chi connectivity index (χ0n) is 19.7. The quantitative estimate of drug-likeness (QED) is 0.474. The molecule has 0 radical (unpaired) electrons. The molecule has 5 heteroatoms. The Morgan fingerprint density at radius 2 is 1.85 bits per heavy atom. The van der Waals surface area contributed by atoms with Crippen molar-refractivity contribution < 1.29 is 14.6 Å². The van der Waals surface area contributed by atoms with E-state index in [9.17, 15) is 9.90 Å². The monoisotopic (exact) mass is 456 g/mol. The van der Waals surface area contributed by atoms with Gasteiger partial charge in [-0.05, 0) is 85.3 Å². The summed E-state index contributed by atoms with van der Waals surface area (Å²) in [6, 6.07) is 23.4. The van der Waals surface area contributed by atoms with Crippen LogP contribution in [0.15, 0.2) is 72.8 Å². The number of phenolic OH excluding ortho intramolecular Hbond substituents is 1. The number of nitrogens with zero attached hydrogens (tertiary/aromatic N) is 1. The van der Waals surface area contributed by atoms with Gasteiger partial charge in [0.1, 0.15) is 18.1 Å². The molecule has 1 heterocycles. The summed E-state index contributed by atoms with van der Waals surface area (Å²) < 4.78 is 5.83. The second-order valence-electron chi connectivity index (χ2n) is 9.39. The number of fused-ring (bicyclic) bond motifs is 1. The Hall–Kier alpha value is -3.31. The molecular formula is C29H32N2O3. The minimum absolute atomic E-state index is 0.0833. The van der Waals surface area contributed by atoms with Crippen molar-refractivity contribution in [3.63, 3.8) is 0 Å². The predicted molar refractivity (Wildman–Crippen MR) is 133 cm³/mol. The first-order valence-electron chi connectivity index (χ1n) is 12.2. The van der Waals surface area contributed by atoms with Gasteiger partial charge in [0.15, 0.2) is 0 Å². The summed E-state index contributed by atoms with van der Waals surface area (Å²) in [5.74, 6) is 1.23. The Labute approximate surface area is 201 Å². The van der Waals surface area contributed by atoms with E-state index >= 15 is 0 Å². The summed E-state index contributed by atoms with van der Waals surface area (Å²) in [7, 11) is 0. The number of ether oxygens (including phenoxy) is 1. The molecule has 5 rings (SSSR count). The lowest BCUT2D eigenvalue weighted by Gasteiger charge is -2.44. The number of benzene rings is 3.